The van der Waals surface area contributed by atoms with Crippen molar-refractivity contribution in [3.63, 3.8) is 0 Å². The number of piperidine rings is 1. The number of aliphatic imine (C=N–C) groups is 1. The lowest BCUT2D eigenvalue weighted by Gasteiger charge is -2.28. The Hall–Kier alpha value is -1.75. The molecule has 1 N–H and O–H groups in total. The van der Waals surface area contributed by atoms with Crippen LogP contribution in [0.3, 0.4) is 0 Å². The summed E-state index contributed by atoms with van der Waals surface area (Å²) in [7, 11) is 3.67. The van der Waals surface area contributed by atoms with Crippen molar-refractivity contribution < 1.29 is 4.79 Å². The number of hydrogen-bond acceptors (Lipinski definition) is 2. The number of nitrogens with one attached hydrogen (secondary N) is 1. The van der Waals surface area contributed by atoms with Crippen LogP contribution in [0.2, 0.25) is 5.02 Å². The standard InChI is InChI=1S/C17H25ClN4O/c1-19-17(20-12-16(23)22-9-4-3-5-10-22)21(2)13-14-7-6-8-15(18)11-14/h6-8,11H,3-5,9-10,12-13H2,1-2H3,(H,19,20). The molecule has 0 aromatic heterocycles. The van der Waals surface area contributed by atoms with Crippen LogP contribution in [0.15, 0.2) is 29.3 Å². The quantitative estimate of drug-likeness (QED) is 0.678. The van der Waals surface area contributed by atoms with Gasteiger partial charge in [0.25, 0.3) is 0 Å². The molecule has 1 amide bonds. The molecule has 0 saturated carbocycles. The number of benzene rings is 1. The smallest absolute Gasteiger partial charge is 0.241 e. The second kappa shape index (κ2) is 8.77. The molecule has 1 saturated heterocycles. The summed E-state index contributed by atoms with van der Waals surface area (Å²) in [5, 5.41) is 3.87. The number of likely N-dealkylation sites (tertiary alicyclic amines) is 1. The van der Waals surface area contributed by atoms with E-state index in [9.17, 15) is 4.79 Å². The monoisotopic (exact) mass is 336 g/mol. The van der Waals surface area contributed by atoms with E-state index in [1.807, 2.05) is 41.1 Å². The lowest BCUT2D eigenvalue weighted by molar-refractivity contribution is -0.130. The summed E-state index contributed by atoms with van der Waals surface area (Å²) in [6.45, 7) is 2.71. The maximum absolute atomic E-state index is 12.2. The fourth-order valence-electron chi connectivity index (χ4n) is 2.78. The second-order valence-electron chi connectivity index (χ2n) is 5.83. The Kier molecular flexibility index (Phi) is 6.71. The summed E-state index contributed by atoms with van der Waals surface area (Å²) in [6, 6.07) is 7.75. The van der Waals surface area contributed by atoms with Crippen molar-refractivity contribution in [2.24, 2.45) is 4.99 Å². The number of amides is 1. The Morgan fingerprint density at radius 1 is 1.35 bits per heavy atom. The highest BCUT2D eigenvalue weighted by atomic mass is 35.5. The zero-order valence-corrected chi connectivity index (χ0v) is 14.6. The number of carbonyl (C=O) groups is 1. The summed E-state index contributed by atoms with van der Waals surface area (Å²) in [6.07, 6.45) is 3.44. The van der Waals surface area contributed by atoms with Gasteiger partial charge in [0, 0.05) is 38.8 Å². The highest BCUT2D eigenvalue weighted by Crippen LogP contribution is 2.12. The van der Waals surface area contributed by atoms with Crippen molar-refractivity contribution in [2.75, 3.05) is 33.7 Å². The molecular weight excluding hydrogens is 312 g/mol. The highest BCUT2D eigenvalue weighted by molar-refractivity contribution is 6.30. The molecule has 1 aliphatic heterocycles. The van der Waals surface area contributed by atoms with Crippen LogP contribution >= 0.6 is 11.6 Å². The number of nitrogens with zero attached hydrogens (tertiary/aromatic N) is 3. The molecule has 1 heterocycles. The average Bonchev–Trinajstić information content (AvgIpc) is 2.56. The van der Waals surface area contributed by atoms with Crippen LogP contribution in [-0.4, -0.2) is 55.4 Å². The average molecular weight is 337 g/mol. The Labute approximate surface area is 143 Å². The van der Waals surface area contributed by atoms with Gasteiger partial charge in [-0.1, -0.05) is 23.7 Å². The Morgan fingerprint density at radius 2 is 2.09 bits per heavy atom. The van der Waals surface area contributed by atoms with Gasteiger partial charge in [0.1, 0.15) is 0 Å². The Balaban J connectivity index is 1.85. The van der Waals surface area contributed by atoms with Gasteiger partial charge in [-0.15, -0.1) is 0 Å². The van der Waals surface area contributed by atoms with E-state index in [2.05, 4.69) is 10.3 Å². The van der Waals surface area contributed by atoms with Crippen LogP contribution in [-0.2, 0) is 11.3 Å². The largest absolute Gasteiger partial charge is 0.347 e. The van der Waals surface area contributed by atoms with Crippen molar-refractivity contribution in [3.8, 4) is 0 Å². The minimum atomic E-state index is 0.141. The van der Waals surface area contributed by atoms with Crippen LogP contribution in [0.4, 0.5) is 0 Å². The van der Waals surface area contributed by atoms with Crippen LogP contribution in [0.5, 0.6) is 0 Å². The molecule has 6 heteroatoms. The molecule has 2 rings (SSSR count). The Bertz CT molecular complexity index is 555. The lowest BCUT2D eigenvalue weighted by atomic mass is 10.1. The van der Waals surface area contributed by atoms with Gasteiger partial charge in [0.2, 0.25) is 5.91 Å². The molecule has 1 fully saturated rings. The van der Waals surface area contributed by atoms with E-state index in [0.29, 0.717) is 12.5 Å². The van der Waals surface area contributed by atoms with E-state index < -0.39 is 0 Å². The van der Waals surface area contributed by atoms with Gasteiger partial charge in [-0.3, -0.25) is 9.79 Å². The molecule has 126 valence electrons. The normalized spacial score (nSPS) is 15.4. The van der Waals surface area contributed by atoms with Crippen molar-refractivity contribution in [1.82, 2.24) is 15.1 Å². The van der Waals surface area contributed by atoms with Crippen molar-refractivity contribution in [1.29, 1.82) is 0 Å². The van der Waals surface area contributed by atoms with E-state index in [1.165, 1.54) is 6.42 Å². The first-order chi connectivity index (χ1) is 11.1. The number of halogens is 1. The first kappa shape index (κ1) is 17.6. The molecule has 1 aromatic carbocycles. The predicted molar refractivity (Wildman–Crippen MR) is 94.7 cm³/mol. The van der Waals surface area contributed by atoms with Gasteiger partial charge >= 0.3 is 0 Å². The van der Waals surface area contributed by atoms with Gasteiger partial charge < -0.3 is 15.1 Å². The summed E-state index contributed by atoms with van der Waals surface area (Å²) in [5.74, 6) is 0.845. The third-order valence-corrected chi connectivity index (χ3v) is 4.22. The minimum absolute atomic E-state index is 0.141. The topological polar surface area (TPSA) is 47.9 Å². The number of rotatable bonds is 4. The lowest BCUT2D eigenvalue weighted by Crippen LogP contribution is -2.46. The maximum Gasteiger partial charge on any atom is 0.241 e. The number of hydrogen-bond donors (Lipinski definition) is 1. The maximum atomic E-state index is 12.2. The molecule has 0 radical (unpaired) electrons. The third kappa shape index (κ3) is 5.43. The van der Waals surface area contributed by atoms with Gasteiger partial charge in [0.05, 0.1) is 6.54 Å². The molecule has 1 aliphatic rings. The molecule has 23 heavy (non-hydrogen) atoms. The minimum Gasteiger partial charge on any atom is -0.347 e. The zero-order valence-electron chi connectivity index (χ0n) is 13.9. The fraction of sp³-hybridized carbons (Fsp3) is 0.529. The van der Waals surface area contributed by atoms with Gasteiger partial charge in [0.15, 0.2) is 5.96 Å². The van der Waals surface area contributed by atoms with Gasteiger partial charge in [-0.25, -0.2) is 0 Å². The number of carbonyl (C=O) groups excluding carboxylic acids is 1. The number of guanidine groups is 1. The third-order valence-electron chi connectivity index (χ3n) is 3.99. The first-order valence-corrected chi connectivity index (χ1v) is 8.42. The summed E-state index contributed by atoms with van der Waals surface area (Å²) in [5.41, 5.74) is 1.10. The SMILES string of the molecule is CN=C(NCC(=O)N1CCCCC1)N(C)Cc1cccc(Cl)c1. The van der Waals surface area contributed by atoms with Gasteiger partial charge in [-0.2, -0.15) is 0 Å². The van der Waals surface area contributed by atoms with Gasteiger partial charge in [-0.05, 0) is 37.0 Å². The molecule has 0 aliphatic carbocycles. The zero-order chi connectivity index (χ0) is 16.7. The van der Waals surface area contributed by atoms with E-state index in [-0.39, 0.29) is 12.5 Å². The summed E-state index contributed by atoms with van der Waals surface area (Å²) >= 11 is 6.02. The second-order valence-corrected chi connectivity index (χ2v) is 6.26. The molecule has 1 aromatic rings. The van der Waals surface area contributed by atoms with Crippen molar-refractivity contribution >= 4 is 23.5 Å². The van der Waals surface area contributed by atoms with E-state index in [4.69, 9.17) is 11.6 Å². The van der Waals surface area contributed by atoms with E-state index in [0.717, 1.165) is 36.5 Å². The molecule has 0 bridgehead atoms. The molecule has 0 unspecified atom stereocenters. The van der Waals surface area contributed by atoms with E-state index >= 15 is 0 Å². The van der Waals surface area contributed by atoms with E-state index in [1.54, 1.807) is 7.05 Å². The van der Waals surface area contributed by atoms with Crippen LogP contribution < -0.4 is 5.32 Å². The highest BCUT2D eigenvalue weighted by Gasteiger charge is 2.17. The van der Waals surface area contributed by atoms with Crippen LogP contribution in [0.1, 0.15) is 24.8 Å². The van der Waals surface area contributed by atoms with Crippen LogP contribution in [0.25, 0.3) is 0 Å². The molecule has 0 spiro atoms. The first-order valence-electron chi connectivity index (χ1n) is 8.04. The molecular formula is C17H25ClN4O. The van der Waals surface area contributed by atoms with Crippen molar-refractivity contribution in [3.05, 3.63) is 34.9 Å². The van der Waals surface area contributed by atoms with Crippen molar-refractivity contribution in [2.45, 2.75) is 25.8 Å². The molecule has 5 nitrogen and oxygen atoms in total. The molecule has 0 atom stereocenters. The fourth-order valence-corrected chi connectivity index (χ4v) is 2.99. The Morgan fingerprint density at radius 3 is 2.74 bits per heavy atom. The summed E-state index contributed by atoms with van der Waals surface area (Å²) in [4.78, 5) is 20.4. The van der Waals surface area contributed by atoms with Crippen LogP contribution in [0, 0.1) is 0 Å². The summed E-state index contributed by atoms with van der Waals surface area (Å²) < 4.78 is 0. The predicted octanol–water partition coefficient (Wildman–Crippen LogP) is 2.36.